The molecule has 3 rings (SSSR count). The summed E-state index contributed by atoms with van der Waals surface area (Å²) in [4.78, 5) is 4.14. The van der Waals surface area contributed by atoms with Crippen LogP contribution in [0.4, 0.5) is 0 Å². The van der Waals surface area contributed by atoms with Crippen LogP contribution in [0.3, 0.4) is 0 Å². The van der Waals surface area contributed by atoms with E-state index in [4.69, 9.17) is 16.9 Å². The summed E-state index contributed by atoms with van der Waals surface area (Å²) in [6, 6.07) is 8.71. The number of halogens is 1. The van der Waals surface area contributed by atoms with Crippen molar-refractivity contribution >= 4 is 17.2 Å². The van der Waals surface area contributed by atoms with Gasteiger partial charge in [-0.05, 0) is 24.3 Å². The van der Waals surface area contributed by atoms with Crippen LogP contribution in [0.25, 0.3) is 17.2 Å². The van der Waals surface area contributed by atoms with Crippen molar-refractivity contribution in [2.24, 2.45) is 0 Å². The van der Waals surface area contributed by atoms with Crippen LogP contribution in [0, 0.1) is 11.3 Å². The number of hydrogen-bond donors (Lipinski definition) is 0. The Morgan fingerprint density at radius 3 is 2.78 bits per heavy atom. The highest BCUT2D eigenvalue weighted by Crippen LogP contribution is 2.16. The number of hydrogen-bond acceptors (Lipinski definition) is 5. The maximum absolute atomic E-state index is 8.71. The monoisotopic (exact) mass is 256 g/mol. The van der Waals surface area contributed by atoms with Gasteiger partial charge in [0.1, 0.15) is 16.9 Å². The molecule has 0 aliphatic heterocycles. The van der Waals surface area contributed by atoms with Gasteiger partial charge in [0.2, 0.25) is 5.82 Å². The third-order valence-corrected chi connectivity index (χ3v) is 2.55. The number of pyridine rings is 1. The molecule has 86 valence electrons. The van der Waals surface area contributed by atoms with E-state index in [1.54, 1.807) is 24.3 Å². The Kier molecular flexibility index (Phi) is 2.39. The topological polar surface area (TPSA) is 79.8 Å². The summed E-state index contributed by atoms with van der Waals surface area (Å²) in [7, 11) is 0. The molecule has 0 fully saturated rings. The maximum atomic E-state index is 8.71. The van der Waals surface area contributed by atoms with Crippen molar-refractivity contribution in [1.29, 1.82) is 5.26 Å². The van der Waals surface area contributed by atoms with Gasteiger partial charge in [0.25, 0.3) is 0 Å². The zero-order valence-corrected chi connectivity index (χ0v) is 9.70. The second-order valence-corrected chi connectivity index (χ2v) is 3.88. The predicted molar refractivity (Wildman–Crippen MR) is 63.7 cm³/mol. The van der Waals surface area contributed by atoms with Gasteiger partial charge in [0.05, 0.1) is 5.56 Å². The summed E-state index contributed by atoms with van der Waals surface area (Å²) in [5, 5.41) is 21.1. The molecule has 0 atom stereocenters. The average molecular weight is 257 g/mol. The second kappa shape index (κ2) is 4.05. The van der Waals surface area contributed by atoms with Crippen LogP contribution in [-0.2, 0) is 0 Å². The minimum absolute atomic E-state index is 0.345. The smallest absolute Gasteiger partial charge is 0.203 e. The van der Waals surface area contributed by atoms with Gasteiger partial charge in [0.15, 0.2) is 5.65 Å². The number of nitrogens with zero attached hydrogens (tertiary/aromatic N) is 6. The van der Waals surface area contributed by atoms with Gasteiger partial charge in [0, 0.05) is 6.20 Å². The van der Waals surface area contributed by atoms with Crippen molar-refractivity contribution in [2.45, 2.75) is 0 Å². The predicted octanol–water partition coefficient (Wildman–Crippen LogP) is 1.71. The van der Waals surface area contributed by atoms with Gasteiger partial charge in [-0.3, -0.25) is 4.98 Å². The molecule has 0 saturated carbocycles. The van der Waals surface area contributed by atoms with Gasteiger partial charge in [-0.25, -0.2) is 0 Å². The van der Waals surface area contributed by atoms with E-state index in [0.717, 1.165) is 0 Å². The lowest BCUT2D eigenvalue weighted by Crippen LogP contribution is -1.96. The zero-order valence-electron chi connectivity index (χ0n) is 8.95. The molecule has 3 heterocycles. The highest BCUT2D eigenvalue weighted by atomic mass is 35.5. The molecule has 0 amide bonds. The molecule has 6 nitrogen and oxygen atoms in total. The first-order valence-corrected chi connectivity index (χ1v) is 5.40. The molecule has 0 N–H and O–H groups in total. The van der Waals surface area contributed by atoms with Gasteiger partial charge in [-0.1, -0.05) is 11.6 Å². The van der Waals surface area contributed by atoms with Crippen LogP contribution in [0.5, 0.6) is 0 Å². The fourth-order valence-corrected chi connectivity index (χ4v) is 1.66. The van der Waals surface area contributed by atoms with Crippen molar-refractivity contribution in [3.63, 3.8) is 0 Å². The van der Waals surface area contributed by atoms with Crippen LogP contribution in [-0.4, -0.2) is 24.8 Å². The number of aromatic nitrogens is 5. The van der Waals surface area contributed by atoms with E-state index in [9.17, 15) is 0 Å². The Morgan fingerprint density at radius 1 is 1.17 bits per heavy atom. The molecule has 0 aliphatic rings. The molecule has 18 heavy (non-hydrogen) atoms. The first-order valence-electron chi connectivity index (χ1n) is 5.02. The molecule has 0 radical (unpaired) electrons. The fourth-order valence-electron chi connectivity index (χ4n) is 1.52. The molecule has 0 spiro atoms. The average Bonchev–Trinajstić information content (AvgIpc) is 2.82. The van der Waals surface area contributed by atoms with Crippen LogP contribution >= 0.6 is 11.6 Å². The standard InChI is InChI=1S/C11H5ClN6/c12-9-3-4-10-15-16-11(18(10)17-9)8-2-1-7(5-13)6-14-8/h1-4,6H. The Balaban J connectivity index is 2.19. The van der Waals surface area contributed by atoms with Gasteiger partial charge in [-0.2, -0.15) is 14.9 Å². The van der Waals surface area contributed by atoms with Gasteiger partial charge < -0.3 is 0 Å². The van der Waals surface area contributed by atoms with E-state index in [2.05, 4.69) is 20.3 Å². The molecule has 0 bridgehead atoms. The highest BCUT2D eigenvalue weighted by Gasteiger charge is 2.10. The quantitative estimate of drug-likeness (QED) is 0.662. The molecule has 3 aromatic rings. The van der Waals surface area contributed by atoms with E-state index in [1.807, 2.05) is 6.07 Å². The Labute approximate surface area is 106 Å². The molecule has 0 aromatic carbocycles. The molecule has 0 saturated heterocycles. The van der Waals surface area contributed by atoms with E-state index >= 15 is 0 Å². The first-order chi connectivity index (χ1) is 8.78. The van der Waals surface area contributed by atoms with Crippen molar-refractivity contribution < 1.29 is 0 Å². The molecule has 7 heteroatoms. The van der Waals surface area contributed by atoms with Crippen LogP contribution in [0.15, 0.2) is 30.5 Å². The lowest BCUT2D eigenvalue weighted by atomic mass is 10.2. The summed E-state index contributed by atoms with van der Waals surface area (Å²) >= 11 is 5.83. The number of nitriles is 1. The number of rotatable bonds is 1. The first kappa shape index (κ1) is 10.6. The van der Waals surface area contributed by atoms with Crippen molar-refractivity contribution in [3.8, 4) is 17.6 Å². The summed E-state index contributed by atoms with van der Waals surface area (Å²) in [6.07, 6.45) is 1.47. The highest BCUT2D eigenvalue weighted by molar-refractivity contribution is 6.29. The third kappa shape index (κ3) is 1.67. The largest absolute Gasteiger partial charge is 0.251 e. The third-order valence-electron chi connectivity index (χ3n) is 2.35. The molecule has 0 aliphatic carbocycles. The van der Waals surface area contributed by atoms with Crippen LogP contribution in [0.2, 0.25) is 5.15 Å². The number of fused-ring (bicyclic) bond motifs is 1. The minimum atomic E-state index is 0.345. The molecular formula is C11H5ClN6. The van der Waals surface area contributed by atoms with Crippen molar-refractivity contribution in [2.75, 3.05) is 0 Å². The maximum Gasteiger partial charge on any atom is 0.203 e. The fraction of sp³-hybridized carbons (Fsp3) is 0. The van der Waals surface area contributed by atoms with Gasteiger partial charge in [-0.15, -0.1) is 10.2 Å². The lowest BCUT2D eigenvalue weighted by molar-refractivity contribution is 0.929. The van der Waals surface area contributed by atoms with Crippen LogP contribution < -0.4 is 0 Å². The molecule has 3 aromatic heterocycles. The second-order valence-electron chi connectivity index (χ2n) is 3.49. The van der Waals surface area contributed by atoms with Crippen molar-refractivity contribution in [3.05, 3.63) is 41.2 Å². The minimum Gasteiger partial charge on any atom is -0.251 e. The zero-order chi connectivity index (χ0) is 12.5. The van der Waals surface area contributed by atoms with Crippen molar-refractivity contribution in [1.82, 2.24) is 24.8 Å². The summed E-state index contributed by atoms with van der Waals surface area (Å²) in [6.45, 7) is 0. The molecular weight excluding hydrogens is 252 g/mol. The Morgan fingerprint density at radius 2 is 2.06 bits per heavy atom. The Bertz CT molecular complexity index is 755. The lowest BCUT2D eigenvalue weighted by Gasteiger charge is -1.98. The van der Waals surface area contributed by atoms with Crippen LogP contribution in [0.1, 0.15) is 5.56 Å². The SMILES string of the molecule is N#Cc1ccc(-c2nnc3ccc(Cl)nn23)nc1. The van der Waals surface area contributed by atoms with E-state index in [-0.39, 0.29) is 0 Å². The summed E-state index contributed by atoms with van der Waals surface area (Å²) < 4.78 is 1.51. The van der Waals surface area contributed by atoms with Gasteiger partial charge >= 0.3 is 0 Å². The molecule has 0 unspecified atom stereocenters. The normalized spacial score (nSPS) is 10.4. The Hall–Kier alpha value is -2.52. The summed E-state index contributed by atoms with van der Waals surface area (Å²) in [5.74, 6) is 0.483. The van der Waals surface area contributed by atoms with E-state index < -0.39 is 0 Å². The van der Waals surface area contributed by atoms with E-state index in [0.29, 0.717) is 27.9 Å². The summed E-state index contributed by atoms with van der Waals surface area (Å²) in [5.41, 5.74) is 1.65. The van der Waals surface area contributed by atoms with E-state index in [1.165, 1.54) is 10.7 Å².